The van der Waals surface area contributed by atoms with E-state index in [1.165, 1.54) is 6.07 Å². The summed E-state index contributed by atoms with van der Waals surface area (Å²) in [5.74, 6) is -2.76. The van der Waals surface area contributed by atoms with Crippen LogP contribution in [0.25, 0.3) is 0 Å². The molecule has 116 valence electrons. The van der Waals surface area contributed by atoms with Gasteiger partial charge < -0.3 is 4.18 Å². The van der Waals surface area contributed by atoms with Gasteiger partial charge in [0.25, 0.3) is 0 Å². The van der Waals surface area contributed by atoms with Crippen LogP contribution in [-0.4, -0.2) is 13.3 Å². The van der Waals surface area contributed by atoms with Gasteiger partial charge in [0.1, 0.15) is 16.5 Å². The minimum Gasteiger partial charge on any atom is -0.372 e. The topological polar surface area (TPSA) is 86.5 Å². The highest BCUT2D eigenvalue weighted by Gasteiger charge is 2.24. The Bertz CT molecular complexity index is 831. The standard InChI is InChI=1S/C13H9F2NO5S/c1-8-2-3-13(12(4-8)16(17)18)21-22(19,20)11-6-9(14)5-10(15)7-11/h2-7H,1H3. The average Bonchev–Trinajstić information content (AvgIpc) is 2.39. The van der Waals surface area contributed by atoms with Crippen molar-refractivity contribution in [2.45, 2.75) is 11.8 Å². The first-order valence-electron chi connectivity index (χ1n) is 5.85. The zero-order valence-electron chi connectivity index (χ0n) is 11.1. The fourth-order valence-electron chi connectivity index (χ4n) is 1.68. The monoisotopic (exact) mass is 329 g/mol. The van der Waals surface area contributed by atoms with Crippen molar-refractivity contribution in [1.29, 1.82) is 0 Å². The molecule has 0 bridgehead atoms. The Labute approximate surface area is 124 Å². The molecular weight excluding hydrogens is 320 g/mol. The summed E-state index contributed by atoms with van der Waals surface area (Å²) >= 11 is 0. The Morgan fingerprint density at radius 3 is 2.23 bits per heavy atom. The molecule has 0 atom stereocenters. The Morgan fingerprint density at radius 2 is 1.68 bits per heavy atom. The molecule has 6 nitrogen and oxygen atoms in total. The lowest BCUT2D eigenvalue weighted by molar-refractivity contribution is -0.385. The van der Waals surface area contributed by atoms with E-state index in [1.54, 1.807) is 6.92 Å². The third-order valence-corrected chi connectivity index (χ3v) is 3.85. The molecule has 0 aliphatic carbocycles. The molecule has 0 fully saturated rings. The van der Waals surface area contributed by atoms with Crippen LogP contribution in [0, 0.1) is 28.7 Å². The normalized spacial score (nSPS) is 11.2. The molecule has 0 unspecified atom stereocenters. The molecule has 0 radical (unpaired) electrons. The summed E-state index contributed by atoms with van der Waals surface area (Å²) in [5, 5.41) is 10.9. The molecule has 2 rings (SSSR count). The summed E-state index contributed by atoms with van der Waals surface area (Å²) in [4.78, 5) is 9.32. The fourth-order valence-corrected chi connectivity index (χ4v) is 2.67. The highest BCUT2D eigenvalue weighted by atomic mass is 32.2. The number of hydrogen-bond acceptors (Lipinski definition) is 5. The van der Waals surface area contributed by atoms with Crippen LogP contribution in [0.1, 0.15) is 5.56 Å². The number of hydrogen-bond donors (Lipinski definition) is 0. The van der Waals surface area contributed by atoms with E-state index >= 15 is 0 Å². The van der Waals surface area contributed by atoms with Crippen LogP contribution in [0.15, 0.2) is 41.3 Å². The van der Waals surface area contributed by atoms with Crippen LogP contribution in [0.5, 0.6) is 5.75 Å². The molecule has 9 heteroatoms. The third kappa shape index (κ3) is 3.37. The molecule has 2 aromatic rings. The van der Waals surface area contributed by atoms with E-state index in [9.17, 15) is 27.3 Å². The lowest BCUT2D eigenvalue weighted by atomic mass is 10.2. The number of aryl methyl sites for hydroxylation is 1. The van der Waals surface area contributed by atoms with Crippen LogP contribution in [0.3, 0.4) is 0 Å². The van der Waals surface area contributed by atoms with E-state index in [1.807, 2.05) is 0 Å². The number of benzene rings is 2. The Kier molecular flexibility index (Phi) is 4.09. The van der Waals surface area contributed by atoms with Gasteiger partial charge in [-0.1, -0.05) is 6.07 Å². The van der Waals surface area contributed by atoms with Crippen molar-refractivity contribution >= 4 is 15.8 Å². The predicted molar refractivity (Wildman–Crippen MR) is 72.0 cm³/mol. The fraction of sp³-hybridized carbons (Fsp3) is 0.0769. The van der Waals surface area contributed by atoms with E-state index in [2.05, 4.69) is 4.18 Å². The largest absolute Gasteiger partial charge is 0.372 e. The van der Waals surface area contributed by atoms with Crippen molar-refractivity contribution in [1.82, 2.24) is 0 Å². The van der Waals surface area contributed by atoms with Gasteiger partial charge in [0, 0.05) is 12.1 Å². The smallest absolute Gasteiger partial charge is 0.339 e. The zero-order valence-corrected chi connectivity index (χ0v) is 11.9. The molecule has 0 heterocycles. The average molecular weight is 329 g/mol. The van der Waals surface area contributed by atoms with Crippen molar-refractivity contribution in [3.63, 3.8) is 0 Å². The quantitative estimate of drug-likeness (QED) is 0.489. The van der Waals surface area contributed by atoms with Gasteiger partial charge in [-0.05, 0) is 30.7 Å². The molecule has 0 saturated heterocycles. The van der Waals surface area contributed by atoms with Crippen molar-refractivity contribution in [3.8, 4) is 5.75 Å². The molecular formula is C13H9F2NO5S. The first-order valence-corrected chi connectivity index (χ1v) is 7.25. The summed E-state index contributed by atoms with van der Waals surface area (Å²) in [6.07, 6.45) is 0. The van der Waals surface area contributed by atoms with Crippen LogP contribution < -0.4 is 4.18 Å². The molecule has 0 amide bonds. The summed E-state index contributed by atoms with van der Waals surface area (Å²) < 4.78 is 54.8. The van der Waals surface area contributed by atoms with Crippen LogP contribution >= 0.6 is 0 Å². The van der Waals surface area contributed by atoms with Crippen LogP contribution in [0.4, 0.5) is 14.5 Å². The van der Waals surface area contributed by atoms with Crippen molar-refractivity contribution in [2.75, 3.05) is 0 Å². The first-order chi connectivity index (χ1) is 10.2. The molecule has 22 heavy (non-hydrogen) atoms. The zero-order chi connectivity index (χ0) is 16.5. The number of nitrogens with zero attached hydrogens (tertiary/aromatic N) is 1. The van der Waals surface area contributed by atoms with Gasteiger partial charge in [0.05, 0.1) is 4.92 Å². The molecule has 0 spiro atoms. The second-order valence-electron chi connectivity index (χ2n) is 4.37. The van der Waals surface area contributed by atoms with Gasteiger partial charge in [-0.2, -0.15) is 8.42 Å². The molecule has 0 aliphatic heterocycles. The van der Waals surface area contributed by atoms with Gasteiger partial charge >= 0.3 is 15.8 Å². The van der Waals surface area contributed by atoms with Crippen molar-refractivity contribution in [2.24, 2.45) is 0 Å². The lowest BCUT2D eigenvalue weighted by Crippen LogP contribution is -2.11. The van der Waals surface area contributed by atoms with Gasteiger partial charge in [-0.25, -0.2) is 8.78 Å². The number of nitro benzene ring substituents is 1. The lowest BCUT2D eigenvalue weighted by Gasteiger charge is -2.08. The van der Waals surface area contributed by atoms with E-state index < -0.39 is 43.0 Å². The van der Waals surface area contributed by atoms with E-state index in [4.69, 9.17) is 0 Å². The van der Waals surface area contributed by atoms with Crippen LogP contribution in [-0.2, 0) is 10.1 Å². The van der Waals surface area contributed by atoms with Gasteiger partial charge in [-0.15, -0.1) is 0 Å². The maximum Gasteiger partial charge on any atom is 0.339 e. The van der Waals surface area contributed by atoms with E-state index in [0.717, 1.165) is 12.1 Å². The summed E-state index contributed by atoms with van der Waals surface area (Å²) in [6, 6.07) is 5.23. The van der Waals surface area contributed by atoms with Crippen molar-refractivity contribution in [3.05, 3.63) is 63.7 Å². The molecule has 0 aromatic heterocycles. The molecule has 0 saturated carbocycles. The van der Waals surface area contributed by atoms with Gasteiger partial charge in [-0.3, -0.25) is 10.1 Å². The highest BCUT2D eigenvalue weighted by molar-refractivity contribution is 7.87. The van der Waals surface area contributed by atoms with Gasteiger partial charge in [0.2, 0.25) is 5.75 Å². The van der Waals surface area contributed by atoms with E-state index in [-0.39, 0.29) is 0 Å². The summed E-state index contributed by atoms with van der Waals surface area (Å²) in [7, 11) is -4.61. The van der Waals surface area contributed by atoms with Gasteiger partial charge in [0.15, 0.2) is 0 Å². The minimum absolute atomic E-state index is 0.493. The first kappa shape index (κ1) is 15.8. The predicted octanol–water partition coefficient (Wildman–Crippen LogP) is 2.95. The molecule has 2 aromatic carbocycles. The van der Waals surface area contributed by atoms with Crippen molar-refractivity contribution < 1.29 is 26.3 Å². The summed E-state index contributed by atoms with van der Waals surface area (Å²) in [5.41, 5.74) is -0.0475. The maximum absolute atomic E-state index is 13.1. The van der Waals surface area contributed by atoms with E-state index in [0.29, 0.717) is 23.8 Å². The molecule has 0 aliphatic rings. The maximum atomic E-state index is 13.1. The molecule has 0 N–H and O–H groups in total. The number of rotatable bonds is 4. The minimum atomic E-state index is -4.61. The SMILES string of the molecule is Cc1ccc(OS(=O)(=O)c2cc(F)cc(F)c2)c([N+](=O)[O-])c1. The second-order valence-corrected chi connectivity index (χ2v) is 5.92. The number of nitro groups is 1. The second kappa shape index (κ2) is 5.68. The van der Waals surface area contributed by atoms with Crippen LogP contribution in [0.2, 0.25) is 0 Å². The number of halogens is 2. The third-order valence-electron chi connectivity index (χ3n) is 2.64. The highest BCUT2D eigenvalue weighted by Crippen LogP contribution is 2.30. The summed E-state index contributed by atoms with van der Waals surface area (Å²) in [6.45, 7) is 1.58. The Morgan fingerprint density at radius 1 is 1.09 bits per heavy atom. The Balaban J connectivity index is 2.47. The Hall–Kier alpha value is -2.55.